The number of carbonyl (C=O) groups is 1. The van der Waals surface area contributed by atoms with Crippen molar-refractivity contribution in [2.75, 3.05) is 26.8 Å². The summed E-state index contributed by atoms with van der Waals surface area (Å²) in [6.07, 6.45) is 0.163. The van der Waals surface area contributed by atoms with Crippen molar-refractivity contribution in [2.24, 2.45) is 0 Å². The number of methoxy groups -OCH3 is 1. The van der Waals surface area contributed by atoms with Gasteiger partial charge in [0.2, 0.25) is 0 Å². The first-order valence-electron chi connectivity index (χ1n) is 6.41. The molecule has 2 rings (SSSR count). The number of hydrogen-bond acceptors (Lipinski definition) is 6. The Balaban J connectivity index is 1.95. The Kier molecular flexibility index (Phi) is 4.49. The van der Waals surface area contributed by atoms with Gasteiger partial charge >= 0.3 is 5.97 Å². The molecule has 0 aromatic carbocycles. The molecule has 0 spiro atoms. The number of aromatic amines is 1. The van der Waals surface area contributed by atoms with E-state index in [9.17, 15) is 4.79 Å². The fraction of sp³-hybridized carbons (Fsp3) is 0.750. The van der Waals surface area contributed by atoms with Crippen molar-refractivity contribution < 1.29 is 14.3 Å². The maximum atomic E-state index is 11.3. The van der Waals surface area contributed by atoms with Gasteiger partial charge in [-0.2, -0.15) is 5.10 Å². The molecule has 1 aliphatic heterocycles. The molecule has 19 heavy (non-hydrogen) atoms. The van der Waals surface area contributed by atoms with E-state index in [1.54, 1.807) is 0 Å². The minimum atomic E-state index is -0.242. The van der Waals surface area contributed by atoms with Crippen LogP contribution in [0.3, 0.4) is 0 Å². The van der Waals surface area contributed by atoms with Crippen LogP contribution >= 0.6 is 0 Å². The predicted molar refractivity (Wildman–Crippen MR) is 67.5 cm³/mol. The zero-order valence-corrected chi connectivity index (χ0v) is 11.5. The highest BCUT2D eigenvalue weighted by atomic mass is 16.5. The smallest absolute Gasteiger partial charge is 0.308 e. The summed E-state index contributed by atoms with van der Waals surface area (Å²) >= 11 is 0. The maximum Gasteiger partial charge on any atom is 0.308 e. The lowest BCUT2D eigenvalue weighted by molar-refractivity contribution is -0.146. The second-order valence-electron chi connectivity index (χ2n) is 4.72. The van der Waals surface area contributed by atoms with Crippen LogP contribution in [0.5, 0.6) is 0 Å². The SMILES string of the molecule is COC(=O)C[C@H]1CN([C@H](C)c2n[nH]c(C)n2)CCO1. The molecule has 1 aromatic heterocycles. The monoisotopic (exact) mass is 268 g/mol. The van der Waals surface area contributed by atoms with Crippen LogP contribution in [0.25, 0.3) is 0 Å². The van der Waals surface area contributed by atoms with E-state index >= 15 is 0 Å². The first-order valence-corrected chi connectivity index (χ1v) is 6.41. The number of carbonyl (C=O) groups excluding carboxylic acids is 1. The predicted octanol–water partition coefficient (Wildman–Crippen LogP) is 0.438. The second-order valence-corrected chi connectivity index (χ2v) is 4.72. The van der Waals surface area contributed by atoms with Gasteiger partial charge in [-0.15, -0.1) is 0 Å². The van der Waals surface area contributed by atoms with Gasteiger partial charge in [-0.3, -0.25) is 14.8 Å². The lowest BCUT2D eigenvalue weighted by Crippen LogP contribution is -2.44. The van der Waals surface area contributed by atoms with Crippen molar-refractivity contribution in [3.8, 4) is 0 Å². The molecule has 106 valence electrons. The van der Waals surface area contributed by atoms with E-state index in [0.717, 1.165) is 18.2 Å². The lowest BCUT2D eigenvalue weighted by atomic mass is 10.1. The van der Waals surface area contributed by atoms with Crippen LogP contribution in [0.1, 0.15) is 31.0 Å². The number of nitrogens with zero attached hydrogens (tertiary/aromatic N) is 3. The van der Waals surface area contributed by atoms with E-state index in [1.807, 2.05) is 6.92 Å². The van der Waals surface area contributed by atoms with E-state index in [-0.39, 0.29) is 24.5 Å². The molecule has 0 aliphatic carbocycles. The molecule has 0 bridgehead atoms. The Bertz CT molecular complexity index is 434. The molecule has 7 heteroatoms. The molecule has 1 fully saturated rings. The Morgan fingerprint density at radius 2 is 2.47 bits per heavy atom. The van der Waals surface area contributed by atoms with E-state index < -0.39 is 0 Å². The van der Waals surface area contributed by atoms with Gasteiger partial charge in [-0.1, -0.05) is 0 Å². The Morgan fingerprint density at radius 3 is 3.11 bits per heavy atom. The molecule has 1 aliphatic rings. The van der Waals surface area contributed by atoms with Gasteiger partial charge in [-0.25, -0.2) is 4.98 Å². The highest BCUT2D eigenvalue weighted by molar-refractivity contribution is 5.69. The summed E-state index contributed by atoms with van der Waals surface area (Å²) in [5, 5.41) is 7.03. The van der Waals surface area contributed by atoms with Crippen LogP contribution in [0, 0.1) is 6.92 Å². The van der Waals surface area contributed by atoms with Crippen molar-refractivity contribution in [1.82, 2.24) is 20.1 Å². The first kappa shape index (κ1) is 14.0. The molecule has 0 unspecified atom stereocenters. The van der Waals surface area contributed by atoms with Gasteiger partial charge in [-0.05, 0) is 13.8 Å². The number of ether oxygens (including phenoxy) is 2. The van der Waals surface area contributed by atoms with Crippen molar-refractivity contribution in [1.29, 1.82) is 0 Å². The number of aryl methyl sites for hydroxylation is 1. The molecule has 2 heterocycles. The van der Waals surface area contributed by atoms with Gasteiger partial charge in [0.15, 0.2) is 5.82 Å². The molecular formula is C12H20N4O3. The van der Waals surface area contributed by atoms with E-state index in [2.05, 4.69) is 31.7 Å². The largest absolute Gasteiger partial charge is 0.469 e. The van der Waals surface area contributed by atoms with Crippen LogP contribution in [-0.2, 0) is 14.3 Å². The van der Waals surface area contributed by atoms with E-state index in [0.29, 0.717) is 13.2 Å². The summed E-state index contributed by atoms with van der Waals surface area (Å²) in [4.78, 5) is 17.8. The van der Waals surface area contributed by atoms with Crippen molar-refractivity contribution in [2.45, 2.75) is 32.4 Å². The summed E-state index contributed by atoms with van der Waals surface area (Å²) < 4.78 is 10.3. The minimum absolute atomic E-state index is 0.106. The minimum Gasteiger partial charge on any atom is -0.469 e. The number of H-pyrrole nitrogens is 1. The third-order valence-electron chi connectivity index (χ3n) is 3.33. The Morgan fingerprint density at radius 1 is 1.68 bits per heavy atom. The highest BCUT2D eigenvalue weighted by Gasteiger charge is 2.28. The van der Waals surface area contributed by atoms with Crippen LogP contribution in [0.2, 0.25) is 0 Å². The molecular weight excluding hydrogens is 248 g/mol. The summed E-state index contributed by atoms with van der Waals surface area (Å²) in [5.74, 6) is 1.34. The van der Waals surface area contributed by atoms with Gasteiger partial charge in [0.1, 0.15) is 5.82 Å². The molecule has 7 nitrogen and oxygen atoms in total. The average molecular weight is 268 g/mol. The Hall–Kier alpha value is -1.47. The fourth-order valence-electron chi connectivity index (χ4n) is 2.20. The second kappa shape index (κ2) is 6.12. The summed E-state index contributed by atoms with van der Waals surface area (Å²) in [5.41, 5.74) is 0. The standard InChI is InChI=1S/C12H20N4O3/c1-8(12-13-9(2)14-15-12)16-4-5-19-10(7-16)6-11(17)18-3/h8,10H,4-7H2,1-3H3,(H,13,14,15)/t8-,10+/m1/s1. The number of morpholine rings is 1. The normalized spacial score (nSPS) is 22.2. The van der Waals surface area contributed by atoms with Crippen molar-refractivity contribution in [3.63, 3.8) is 0 Å². The third-order valence-corrected chi connectivity index (χ3v) is 3.33. The van der Waals surface area contributed by atoms with Crippen molar-refractivity contribution in [3.05, 3.63) is 11.6 Å². The molecule has 0 saturated carbocycles. The molecule has 2 atom stereocenters. The summed E-state index contributed by atoms with van der Waals surface area (Å²) in [6, 6.07) is 0.106. The molecule has 1 aromatic rings. The van der Waals surface area contributed by atoms with Gasteiger partial charge in [0.05, 0.1) is 32.3 Å². The summed E-state index contributed by atoms with van der Waals surface area (Å²) in [6.45, 7) is 6.04. The van der Waals surface area contributed by atoms with Crippen LogP contribution in [-0.4, -0.2) is 59.0 Å². The fourth-order valence-corrected chi connectivity index (χ4v) is 2.20. The molecule has 0 amide bonds. The number of esters is 1. The lowest BCUT2D eigenvalue weighted by Gasteiger charge is -2.35. The number of rotatable bonds is 4. The molecule has 0 radical (unpaired) electrons. The first-order chi connectivity index (χ1) is 9.10. The number of hydrogen-bond donors (Lipinski definition) is 1. The zero-order chi connectivity index (χ0) is 13.8. The van der Waals surface area contributed by atoms with Gasteiger partial charge in [0, 0.05) is 13.1 Å². The van der Waals surface area contributed by atoms with Crippen LogP contribution < -0.4 is 0 Å². The topological polar surface area (TPSA) is 80.3 Å². The number of aromatic nitrogens is 3. The highest BCUT2D eigenvalue weighted by Crippen LogP contribution is 2.20. The van der Waals surface area contributed by atoms with E-state index in [1.165, 1.54) is 7.11 Å². The third kappa shape index (κ3) is 3.51. The maximum absolute atomic E-state index is 11.3. The van der Waals surface area contributed by atoms with Crippen LogP contribution in [0.4, 0.5) is 0 Å². The Labute approximate surface area is 112 Å². The average Bonchev–Trinajstić information content (AvgIpc) is 2.84. The van der Waals surface area contributed by atoms with Crippen molar-refractivity contribution >= 4 is 5.97 Å². The van der Waals surface area contributed by atoms with Gasteiger partial charge < -0.3 is 9.47 Å². The zero-order valence-electron chi connectivity index (χ0n) is 11.5. The molecule has 1 N–H and O–H groups in total. The van der Waals surface area contributed by atoms with Gasteiger partial charge in [0.25, 0.3) is 0 Å². The van der Waals surface area contributed by atoms with Crippen LogP contribution in [0.15, 0.2) is 0 Å². The quantitative estimate of drug-likeness (QED) is 0.798. The number of nitrogens with one attached hydrogen (secondary N) is 1. The molecule has 1 saturated heterocycles. The van der Waals surface area contributed by atoms with E-state index in [4.69, 9.17) is 4.74 Å². The summed E-state index contributed by atoms with van der Waals surface area (Å²) in [7, 11) is 1.39.